The van der Waals surface area contributed by atoms with Crippen LogP contribution in [0.5, 0.6) is 5.75 Å². The zero-order chi connectivity index (χ0) is 20.3. The molecule has 0 aliphatic rings. The maximum absolute atomic E-state index is 14.3. The van der Waals surface area contributed by atoms with Crippen molar-refractivity contribution in [1.82, 2.24) is 0 Å². The highest BCUT2D eigenvalue weighted by molar-refractivity contribution is 5.69. The van der Waals surface area contributed by atoms with E-state index in [-0.39, 0.29) is 5.56 Å². The van der Waals surface area contributed by atoms with Gasteiger partial charge in [0.1, 0.15) is 0 Å². The summed E-state index contributed by atoms with van der Waals surface area (Å²) in [4.78, 5) is 0. The second kappa shape index (κ2) is 7.89. The van der Waals surface area contributed by atoms with E-state index >= 15 is 0 Å². The standard InChI is InChI=1S/C23H18F4O/c1-15-3-6-17(7-4-15)8-9-18-10-12-19(13-11-18)23(26,27)28-20-14-5-16(2)21(24)22(20)25/h3-14H,1-2H3/b9-8+. The van der Waals surface area contributed by atoms with Gasteiger partial charge < -0.3 is 4.74 Å². The maximum atomic E-state index is 14.3. The number of rotatable bonds is 5. The van der Waals surface area contributed by atoms with Crippen LogP contribution in [0.3, 0.4) is 0 Å². The molecule has 0 N–H and O–H groups in total. The largest absolute Gasteiger partial charge is 0.426 e. The normalized spacial score (nSPS) is 11.8. The Hall–Kier alpha value is -3.08. The Labute approximate surface area is 160 Å². The second-order valence-corrected chi connectivity index (χ2v) is 6.49. The number of hydrogen-bond acceptors (Lipinski definition) is 1. The van der Waals surface area contributed by atoms with Crippen molar-refractivity contribution in [1.29, 1.82) is 0 Å². The van der Waals surface area contributed by atoms with Gasteiger partial charge in [0.2, 0.25) is 5.82 Å². The van der Waals surface area contributed by atoms with E-state index in [9.17, 15) is 17.6 Å². The molecule has 5 heteroatoms. The van der Waals surface area contributed by atoms with Crippen molar-refractivity contribution in [2.75, 3.05) is 0 Å². The van der Waals surface area contributed by atoms with Crippen molar-refractivity contribution in [3.63, 3.8) is 0 Å². The Morgan fingerprint density at radius 2 is 1.25 bits per heavy atom. The quantitative estimate of drug-likeness (QED) is 0.343. The number of aryl methyl sites for hydroxylation is 2. The highest BCUT2D eigenvalue weighted by Crippen LogP contribution is 2.34. The fourth-order valence-electron chi connectivity index (χ4n) is 2.56. The predicted molar refractivity (Wildman–Crippen MR) is 102 cm³/mol. The number of benzene rings is 3. The molecular formula is C23H18F4O. The SMILES string of the molecule is Cc1ccc(/C=C/c2ccc(C(F)(F)Oc3ccc(C)c(F)c3F)cc2)cc1. The summed E-state index contributed by atoms with van der Waals surface area (Å²) in [5.74, 6) is -3.47. The first-order valence-electron chi connectivity index (χ1n) is 8.63. The minimum Gasteiger partial charge on any atom is -0.426 e. The van der Waals surface area contributed by atoms with Gasteiger partial charge in [0, 0.05) is 0 Å². The van der Waals surface area contributed by atoms with E-state index in [0.29, 0.717) is 5.56 Å². The Morgan fingerprint density at radius 3 is 1.82 bits per heavy atom. The van der Waals surface area contributed by atoms with E-state index in [1.807, 2.05) is 37.3 Å². The van der Waals surface area contributed by atoms with Crippen molar-refractivity contribution in [3.05, 3.63) is 100 Å². The van der Waals surface area contributed by atoms with E-state index < -0.39 is 29.1 Å². The molecular weight excluding hydrogens is 368 g/mol. The molecule has 3 aromatic rings. The average molecular weight is 386 g/mol. The lowest BCUT2D eigenvalue weighted by Crippen LogP contribution is -2.22. The fourth-order valence-corrected chi connectivity index (χ4v) is 2.56. The number of alkyl halides is 2. The van der Waals surface area contributed by atoms with Crippen LogP contribution in [0.4, 0.5) is 17.6 Å². The first-order valence-corrected chi connectivity index (χ1v) is 8.63. The summed E-state index contributed by atoms with van der Waals surface area (Å²) >= 11 is 0. The van der Waals surface area contributed by atoms with Crippen LogP contribution in [0.1, 0.15) is 27.8 Å². The van der Waals surface area contributed by atoms with E-state index in [0.717, 1.165) is 17.2 Å². The van der Waals surface area contributed by atoms with E-state index in [1.54, 1.807) is 6.08 Å². The highest BCUT2D eigenvalue weighted by Gasteiger charge is 2.35. The van der Waals surface area contributed by atoms with E-state index in [2.05, 4.69) is 4.74 Å². The van der Waals surface area contributed by atoms with Crippen LogP contribution < -0.4 is 4.74 Å². The van der Waals surface area contributed by atoms with Gasteiger partial charge in [0.25, 0.3) is 0 Å². The van der Waals surface area contributed by atoms with Crippen LogP contribution in [0.15, 0.2) is 60.7 Å². The smallest absolute Gasteiger partial charge is 0.426 e. The summed E-state index contributed by atoms with van der Waals surface area (Å²) in [7, 11) is 0. The lowest BCUT2D eigenvalue weighted by atomic mass is 10.1. The zero-order valence-electron chi connectivity index (χ0n) is 15.3. The maximum Gasteiger partial charge on any atom is 0.426 e. The third-order valence-corrected chi connectivity index (χ3v) is 4.27. The molecule has 144 valence electrons. The molecule has 0 atom stereocenters. The van der Waals surface area contributed by atoms with Crippen LogP contribution in [0.25, 0.3) is 12.2 Å². The minimum atomic E-state index is -3.80. The summed E-state index contributed by atoms with van der Waals surface area (Å²) in [6.07, 6.45) is -0.141. The van der Waals surface area contributed by atoms with Gasteiger partial charge in [-0.2, -0.15) is 13.2 Å². The van der Waals surface area contributed by atoms with Gasteiger partial charge in [0.05, 0.1) is 5.56 Å². The molecule has 0 aliphatic carbocycles. The van der Waals surface area contributed by atoms with Crippen molar-refractivity contribution < 1.29 is 22.3 Å². The summed E-state index contributed by atoms with van der Waals surface area (Å²) in [5, 5.41) is 0. The Morgan fingerprint density at radius 1 is 0.714 bits per heavy atom. The van der Waals surface area contributed by atoms with Gasteiger partial charge in [-0.25, -0.2) is 4.39 Å². The molecule has 28 heavy (non-hydrogen) atoms. The Bertz CT molecular complexity index is 990. The number of hydrogen-bond donors (Lipinski definition) is 0. The predicted octanol–water partition coefficient (Wildman–Crippen LogP) is 6.88. The molecule has 0 fully saturated rings. The molecule has 0 amide bonds. The van der Waals surface area contributed by atoms with Crippen LogP contribution in [0, 0.1) is 25.5 Å². The zero-order valence-corrected chi connectivity index (χ0v) is 15.3. The van der Waals surface area contributed by atoms with Crippen LogP contribution in [-0.2, 0) is 6.11 Å². The van der Waals surface area contributed by atoms with Crippen LogP contribution in [-0.4, -0.2) is 0 Å². The van der Waals surface area contributed by atoms with Gasteiger partial charge in [-0.1, -0.05) is 60.2 Å². The van der Waals surface area contributed by atoms with Crippen molar-refractivity contribution in [2.24, 2.45) is 0 Å². The highest BCUT2D eigenvalue weighted by atomic mass is 19.3. The fraction of sp³-hybridized carbons (Fsp3) is 0.130. The molecule has 3 aromatic carbocycles. The van der Waals surface area contributed by atoms with Gasteiger partial charge in [0.15, 0.2) is 11.6 Å². The molecule has 0 saturated heterocycles. The van der Waals surface area contributed by atoms with Crippen molar-refractivity contribution in [2.45, 2.75) is 20.0 Å². The first-order chi connectivity index (χ1) is 13.3. The first kappa shape index (κ1) is 19.7. The lowest BCUT2D eigenvalue weighted by Gasteiger charge is -2.19. The molecule has 0 spiro atoms. The molecule has 0 heterocycles. The third kappa shape index (κ3) is 4.42. The van der Waals surface area contributed by atoms with Crippen LogP contribution >= 0.6 is 0 Å². The van der Waals surface area contributed by atoms with Crippen molar-refractivity contribution >= 4 is 12.2 Å². The van der Waals surface area contributed by atoms with Gasteiger partial charge in [-0.15, -0.1) is 0 Å². The molecule has 3 rings (SSSR count). The van der Waals surface area contributed by atoms with Gasteiger partial charge >= 0.3 is 6.11 Å². The minimum absolute atomic E-state index is 0.0119. The monoisotopic (exact) mass is 386 g/mol. The van der Waals surface area contributed by atoms with Gasteiger partial charge in [-0.3, -0.25) is 0 Å². The molecule has 0 radical (unpaired) electrons. The second-order valence-electron chi connectivity index (χ2n) is 6.49. The molecule has 0 saturated carbocycles. The summed E-state index contributed by atoms with van der Waals surface area (Å²) < 4.78 is 60.5. The molecule has 0 unspecified atom stereocenters. The molecule has 0 bridgehead atoms. The topological polar surface area (TPSA) is 9.23 Å². The number of halogens is 4. The van der Waals surface area contributed by atoms with Gasteiger partial charge in [-0.05, 0) is 48.7 Å². The third-order valence-electron chi connectivity index (χ3n) is 4.27. The van der Waals surface area contributed by atoms with E-state index in [4.69, 9.17) is 0 Å². The Kier molecular flexibility index (Phi) is 5.54. The molecule has 1 nitrogen and oxygen atoms in total. The summed E-state index contributed by atoms with van der Waals surface area (Å²) in [6, 6.07) is 15.4. The molecule has 0 aliphatic heterocycles. The van der Waals surface area contributed by atoms with Crippen molar-refractivity contribution in [3.8, 4) is 5.75 Å². The van der Waals surface area contributed by atoms with E-state index in [1.165, 1.54) is 37.3 Å². The summed E-state index contributed by atoms with van der Waals surface area (Å²) in [5.41, 5.74) is 2.40. The lowest BCUT2D eigenvalue weighted by molar-refractivity contribution is -0.187. The summed E-state index contributed by atoms with van der Waals surface area (Å²) in [6.45, 7) is 3.33. The number of ether oxygens (including phenoxy) is 1. The molecule has 0 aromatic heterocycles. The average Bonchev–Trinajstić information content (AvgIpc) is 2.68. The Balaban J connectivity index is 1.76. The van der Waals surface area contributed by atoms with Crippen LogP contribution in [0.2, 0.25) is 0 Å².